The summed E-state index contributed by atoms with van der Waals surface area (Å²) in [7, 11) is 0. The van der Waals surface area contributed by atoms with Gasteiger partial charge in [-0.2, -0.15) is 0 Å². The second-order valence-electron chi connectivity index (χ2n) is 7.77. The Balaban J connectivity index is 1.65. The van der Waals surface area contributed by atoms with Gasteiger partial charge in [0.05, 0.1) is 18.4 Å². The summed E-state index contributed by atoms with van der Waals surface area (Å²) in [5, 5.41) is 12.5. The van der Waals surface area contributed by atoms with E-state index in [4.69, 9.17) is 0 Å². The summed E-state index contributed by atoms with van der Waals surface area (Å²) < 4.78 is 2.33. The van der Waals surface area contributed by atoms with E-state index in [-0.39, 0.29) is 0 Å². The zero-order valence-electron chi connectivity index (χ0n) is 15.1. The van der Waals surface area contributed by atoms with Crippen molar-refractivity contribution in [3.05, 3.63) is 59.8 Å². The van der Waals surface area contributed by atoms with Crippen LogP contribution in [0.2, 0.25) is 0 Å². The molecule has 1 N–H and O–H groups in total. The predicted octanol–water partition coefficient (Wildman–Crippen LogP) is 3.03. The molecule has 0 radical (unpaired) electrons. The van der Waals surface area contributed by atoms with Crippen LogP contribution in [0.3, 0.4) is 0 Å². The van der Waals surface area contributed by atoms with E-state index >= 15 is 0 Å². The molecular formula is C21H24N4O. The fourth-order valence-corrected chi connectivity index (χ4v) is 4.84. The molecule has 134 valence electrons. The number of aliphatic hydroxyl groups is 1. The number of rotatable bonds is 3. The molecule has 2 unspecified atom stereocenters. The van der Waals surface area contributed by atoms with Gasteiger partial charge in [-0.05, 0) is 37.9 Å². The van der Waals surface area contributed by atoms with Crippen molar-refractivity contribution in [2.75, 3.05) is 13.1 Å². The first-order valence-electron chi connectivity index (χ1n) is 9.48. The molecule has 2 atom stereocenters. The van der Waals surface area contributed by atoms with Gasteiger partial charge in [-0.15, -0.1) is 0 Å². The molecule has 0 amide bonds. The Morgan fingerprint density at radius 1 is 1.23 bits per heavy atom. The number of aromatic nitrogens is 3. The number of nitrogens with zero attached hydrogens (tertiary/aromatic N) is 4. The lowest BCUT2D eigenvalue weighted by Gasteiger charge is -2.32. The Bertz CT molecular complexity index is 947. The van der Waals surface area contributed by atoms with Crippen molar-refractivity contribution in [3.8, 4) is 0 Å². The lowest BCUT2D eigenvalue weighted by Crippen LogP contribution is -2.34. The second-order valence-corrected chi connectivity index (χ2v) is 7.77. The largest absolute Gasteiger partial charge is 0.382 e. The van der Waals surface area contributed by atoms with Crippen LogP contribution in [0.5, 0.6) is 0 Å². The summed E-state index contributed by atoms with van der Waals surface area (Å²) in [5.41, 5.74) is 3.65. The maximum Gasteiger partial charge on any atom is 0.123 e. The van der Waals surface area contributed by atoms with Crippen molar-refractivity contribution in [2.24, 2.45) is 0 Å². The van der Waals surface area contributed by atoms with Crippen LogP contribution in [0.15, 0.2) is 42.9 Å². The van der Waals surface area contributed by atoms with Crippen molar-refractivity contribution in [3.63, 3.8) is 0 Å². The van der Waals surface area contributed by atoms with Gasteiger partial charge in [-0.1, -0.05) is 18.2 Å². The highest BCUT2D eigenvalue weighted by Gasteiger charge is 2.36. The van der Waals surface area contributed by atoms with E-state index in [9.17, 15) is 5.11 Å². The van der Waals surface area contributed by atoms with Gasteiger partial charge in [-0.25, -0.2) is 0 Å². The van der Waals surface area contributed by atoms with E-state index in [0.717, 1.165) is 13.0 Å². The fraction of sp³-hybridized carbons (Fsp3) is 0.429. The van der Waals surface area contributed by atoms with Crippen molar-refractivity contribution in [1.29, 1.82) is 0 Å². The minimum atomic E-state index is -1.06. The van der Waals surface area contributed by atoms with Crippen LogP contribution in [0.1, 0.15) is 42.8 Å². The second kappa shape index (κ2) is 5.89. The van der Waals surface area contributed by atoms with E-state index in [1.807, 2.05) is 6.92 Å². The summed E-state index contributed by atoms with van der Waals surface area (Å²) in [6.07, 6.45) is 8.50. The van der Waals surface area contributed by atoms with Crippen LogP contribution in [0, 0.1) is 0 Å². The molecule has 5 nitrogen and oxygen atoms in total. The Hall–Kier alpha value is -2.24. The molecule has 0 spiro atoms. The number of benzene rings is 1. The molecule has 0 aliphatic carbocycles. The molecule has 2 aliphatic heterocycles. The molecule has 4 heterocycles. The minimum Gasteiger partial charge on any atom is -0.382 e. The van der Waals surface area contributed by atoms with Gasteiger partial charge in [0.25, 0.3) is 0 Å². The summed E-state index contributed by atoms with van der Waals surface area (Å²) in [6.45, 7) is 4.65. The maximum atomic E-state index is 11.2. The first-order valence-corrected chi connectivity index (χ1v) is 9.48. The minimum absolute atomic E-state index is 0.494. The zero-order valence-corrected chi connectivity index (χ0v) is 15.1. The highest BCUT2D eigenvalue weighted by Crippen LogP contribution is 2.43. The molecule has 1 aromatic carbocycles. The Labute approximate surface area is 153 Å². The summed E-state index contributed by atoms with van der Waals surface area (Å²) in [4.78, 5) is 11.1. The summed E-state index contributed by atoms with van der Waals surface area (Å²) in [5.74, 6) is 0. The van der Waals surface area contributed by atoms with Crippen molar-refractivity contribution in [2.45, 2.75) is 44.4 Å². The van der Waals surface area contributed by atoms with Crippen molar-refractivity contribution >= 4 is 10.9 Å². The van der Waals surface area contributed by atoms with Gasteiger partial charge in [0, 0.05) is 48.0 Å². The van der Waals surface area contributed by atoms with Crippen LogP contribution >= 0.6 is 0 Å². The average molecular weight is 348 g/mol. The van der Waals surface area contributed by atoms with Gasteiger partial charge in [0.1, 0.15) is 5.60 Å². The van der Waals surface area contributed by atoms with Gasteiger partial charge in [0.15, 0.2) is 0 Å². The molecular weight excluding hydrogens is 324 g/mol. The molecule has 2 aliphatic rings. The standard InChI is InChI=1S/C21H24N4O/c1-21(26,19-13-22-9-10-23-19)14-25-16-6-3-2-5-15(16)20-17-7-4-11-24(17)12-8-18(20)25/h2-3,5-6,9-10,13,17,26H,4,7-8,11-12,14H2,1H3. The van der Waals surface area contributed by atoms with Gasteiger partial charge in [-0.3, -0.25) is 14.9 Å². The number of para-hydroxylation sites is 1. The topological polar surface area (TPSA) is 54.2 Å². The molecule has 1 saturated heterocycles. The molecule has 5 rings (SSSR count). The molecule has 26 heavy (non-hydrogen) atoms. The number of hydrogen-bond acceptors (Lipinski definition) is 4. The van der Waals surface area contributed by atoms with Crippen LogP contribution in [0.4, 0.5) is 0 Å². The Kier molecular flexibility index (Phi) is 3.62. The number of fused-ring (bicyclic) bond motifs is 5. The van der Waals surface area contributed by atoms with Crippen LogP contribution in [-0.2, 0) is 18.6 Å². The maximum absolute atomic E-state index is 11.2. The molecule has 2 aromatic heterocycles. The normalized spacial score (nSPS) is 22.2. The Morgan fingerprint density at radius 2 is 2.12 bits per heavy atom. The smallest absolute Gasteiger partial charge is 0.123 e. The molecule has 5 heteroatoms. The van der Waals surface area contributed by atoms with Gasteiger partial charge in [0.2, 0.25) is 0 Å². The van der Waals surface area contributed by atoms with Crippen LogP contribution < -0.4 is 0 Å². The first kappa shape index (κ1) is 16.0. The van der Waals surface area contributed by atoms with E-state index in [1.54, 1.807) is 18.6 Å². The van der Waals surface area contributed by atoms with E-state index < -0.39 is 5.60 Å². The molecule has 0 bridgehead atoms. The van der Waals surface area contributed by atoms with Crippen molar-refractivity contribution < 1.29 is 5.11 Å². The third-order valence-corrected chi connectivity index (χ3v) is 6.04. The molecule has 1 fully saturated rings. The van der Waals surface area contributed by atoms with Crippen molar-refractivity contribution in [1.82, 2.24) is 19.4 Å². The Morgan fingerprint density at radius 3 is 2.96 bits per heavy atom. The van der Waals surface area contributed by atoms with Crippen LogP contribution in [-0.4, -0.2) is 37.6 Å². The number of hydrogen-bond donors (Lipinski definition) is 1. The predicted molar refractivity (Wildman–Crippen MR) is 101 cm³/mol. The quantitative estimate of drug-likeness (QED) is 0.790. The zero-order chi connectivity index (χ0) is 17.7. The SMILES string of the molecule is CC(O)(Cn1c2c(c3ccccc31)C1CCCN1CC2)c1cnccn1. The van der Waals surface area contributed by atoms with E-state index in [2.05, 4.69) is 43.7 Å². The van der Waals surface area contributed by atoms with E-state index in [0.29, 0.717) is 18.3 Å². The lowest BCUT2D eigenvalue weighted by molar-refractivity contribution is 0.0336. The lowest BCUT2D eigenvalue weighted by atomic mass is 9.96. The summed E-state index contributed by atoms with van der Waals surface area (Å²) in [6, 6.07) is 9.17. The highest BCUT2D eigenvalue weighted by atomic mass is 16.3. The molecule has 3 aromatic rings. The average Bonchev–Trinajstić information content (AvgIpc) is 3.25. The van der Waals surface area contributed by atoms with Gasteiger partial charge < -0.3 is 9.67 Å². The third kappa shape index (κ3) is 2.38. The first-order chi connectivity index (χ1) is 12.6. The van der Waals surface area contributed by atoms with Crippen LogP contribution in [0.25, 0.3) is 10.9 Å². The fourth-order valence-electron chi connectivity index (χ4n) is 4.84. The summed E-state index contributed by atoms with van der Waals surface area (Å²) >= 11 is 0. The van der Waals surface area contributed by atoms with Gasteiger partial charge >= 0.3 is 0 Å². The molecule has 0 saturated carbocycles. The highest BCUT2D eigenvalue weighted by molar-refractivity contribution is 5.86. The monoisotopic (exact) mass is 348 g/mol. The van der Waals surface area contributed by atoms with E-state index in [1.165, 1.54) is 41.5 Å². The third-order valence-electron chi connectivity index (χ3n) is 6.04.